The number of aliphatic hydroxyl groups is 1. The number of hydrogen-bond acceptors (Lipinski definition) is 2. The number of carbonyl (C=O) groups is 1. The van der Waals surface area contributed by atoms with Gasteiger partial charge in [-0.2, -0.15) is 0 Å². The van der Waals surface area contributed by atoms with Crippen LogP contribution in [-0.4, -0.2) is 17.6 Å². The van der Waals surface area contributed by atoms with Crippen molar-refractivity contribution in [1.29, 1.82) is 0 Å². The van der Waals surface area contributed by atoms with Gasteiger partial charge in [0.15, 0.2) is 0 Å². The van der Waals surface area contributed by atoms with Crippen molar-refractivity contribution in [3.8, 4) is 0 Å². The highest BCUT2D eigenvalue weighted by molar-refractivity contribution is 5.75. The fourth-order valence-corrected chi connectivity index (χ4v) is 2.48. The fourth-order valence-electron chi connectivity index (χ4n) is 2.48. The van der Waals surface area contributed by atoms with Crippen molar-refractivity contribution in [2.24, 2.45) is 0 Å². The summed E-state index contributed by atoms with van der Waals surface area (Å²) in [5.74, 6) is -1.76. The van der Waals surface area contributed by atoms with Crippen LogP contribution in [0.25, 0.3) is 0 Å². The van der Waals surface area contributed by atoms with Gasteiger partial charge in [0.2, 0.25) is 5.91 Å². The lowest BCUT2D eigenvalue weighted by molar-refractivity contribution is -0.122. The Morgan fingerprint density at radius 1 is 1.17 bits per heavy atom. The summed E-state index contributed by atoms with van der Waals surface area (Å²) in [6.07, 6.45) is 1.79. The summed E-state index contributed by atoms with van der Waals surface area (Å²) in [4.78, 5) is 11.9. The first kappa shape index (κ1) is 18.1. The molecular formula is C19H21F2NO2. The van der Waals surface area contributed by atoms with Gasteiger partial charge in [0, 0.05) is 18.1 Å². The molecule has 2 N–H and O–H groups in total. The Bertz CT molecular complexity index is 687. The molecular weight excluding hydrogens is 312 g/mol. The molecule has 0 aliphatic rings. The Labute approximate surface area is 140 Å². The number of halogens is 2. The van der Waals surface area contributed by atoms with Crippen LogP contribution in [0, 0.1) is 11.6 Å². The van der Waals surface area contributed by atoms with Gasteiger partial charge in [-0.3, -0.25) is 4.79 Å². The Balaban J connectivity index is 1.81. The lowest BCUT2D eigenvalue weighted by atomic mass is 9.95. The number of carbonyl (C=O) groups excluding carboxylic acids is 1. The van der Waals surface area contributed by atoms with Gasteiger partial charge in [-0.25, -0.2) is 8.78 Å². The van der Waals surface area contributed by atoms with Gasteiger partial charge in [-0.1, -0.05) is 36.4 Å². The zero-order valence-corrected chi connectivity index (χ0v) is 13.6. The molecule has 24 heavy (non-hydrogen) atoms. The number of hydrogen-bond donors (Lipinski definition) is 2. The standard InChI is InChI=1S/C19H21F2NO2/c1-19(24,16-11-10-15(20)12-17(16)21)13-22-18(23)9-5-8-14-6-3-2-4-7-14/h2-4,6-7,10-12,24H,5,8-9,13H2,1H3,(H,22,23). The van der Waals surface area contributed by atoms with E-state index in [1.165, 1.54) is 13.0 Å². The molecule has 5 heteroatoms. The van der Waals surface area contributed by atoms with E-state index in [0.717, 1.165) is 18.1 Å². The summed E-state index contributed by atoms with van der Waals surface area (Å²) in [6, 6.07) is 12.8. The minimum atomic E-state index is -1.60. The van der Waals surface area contributed by atoms with Gasteiger partial charge in [0.1, 0.15) is 17.2 Å². The number of benzene rings is 2. The first-order valence-corrected chi connectivity index (χ1v) is 7.87. The van der Waals surface area contributed by atoms with Crippen molar-refractivity contribution in [3.63, 3.8) is 0 Å². The summed E-state index contributed by atoms with van der Waals surface area (Å²) in [5, 5.41) is 12.9. The molecule has 0 saturated heterocycles. The van der Waals surface area contributed by atoms with Crippen molar-refractivity contribution in [2.75, 3.05) is 6.54 Å². The Kier molecular flexibility index (Phi) is 6.04. The van der Waals surface area contributed by atoms with Gasteiger partial charge in [0.05, 0.1) is 6.54 Å². The molecule has 0 saturated carbocycles. The fraction of sp³-hybridized carbons (Fsp3) is 0.316. The quantitative estimate of drug-likeness (QED) is 0.817. The lowest BCUT2D eigenvalue weighted by Gasteiger charge is -2.24. The third-order valence-corrected chi connectivity index (χ3v) is 3.85. The highest BCUT2D eigenvalue weighted by atomic mass is 19.1. The van der Waals surface area contributed by atoms with Crippen LogP contribution in [0.15, 0.2) is 48.5 Å². The van der Waals surface area contributed by atoms with E-state index in [1.54, 1.807) is 0 Å². The predicted molar refractivity (Wildman–Crippen MR) is 88.3 cm³/mol. The SMILES string of the molecule is CC(O)(CNC(=O)CCCc1ccccc1)c1ccc(F)cc1F. The van der Waals surface area contributed by atoms with Crippen LogP contribution in [-0.2, 0) is 16.8 Å². The average Bonchev–Trinajstić information content (AvgIpc) is 2.54. The minimum absolute atomic E-state index is 0.0477. The molecule has 0 radical (unpaired) electrons. The molecule has 0 spiro atoms. The molecule has 2 rings (SSSR count). The smallest absolute Gasteiger partial charge is 0.220 e. The Morgan fingerprint density at radius 3 is 2.54 bits per heavy atom. The summed E-state index contributed by atoms with van der Waals surface area (Å²) < 4.78 is 26.7. The molecule has 2 aromatic carbocycles. The average molecular weight is 333 g/mol. The third-order valence-electron chi connectivity index (χ3n) is 3.85. The molecule has 0 heterocycles. The van der Waals surface area contributed by atoms with E-state index in [-0.39, 0.29) is 18.0 Å². The molecule has 1 unspecified atom stereocenters. The van der Waals surface area contributed by atoms with Crippen molar-refractivity contribution < 1.29 is 18.7 Å². The van der Waals surface area contributed by atoms with Gasteiger partial charge in [0.25, 0.3) is 0 Å². The van der Waals surface area contributed by atoms with E-state index in [2.05, 4.69) is 5.32 Å². The van der Waals surface area contributed by atoms with E-state index in [1.807, 2.05) is 30.3 Å². The molecule has 1 atom stereocenters. The van der Waals surface area contributed by atoms with Crippen LogP contribution in [0.2, 0.25) is 0 Å². The van der Waals surface area contributed by atoms with Crippen LogP contribution < -0.4 is 5.32 Å². The summed E-state index contributed by atoms with van der Waals surface area (Å²) in [7, 11) is 0. The maximum absolute atomic E-state index is 13.7. The second-order valence-corrected chi connectivity index (χ2v) is 6.01. The molecule has 3 nitrogen and oxygen atoms in total. The second kappa shape index (κ2) is 8.02. The maximum Gasteiger partial charge on any atom is 0.220 e. The molecule has 2 aromatic rings. The predicted octanol–water partition coefficient (Wildman–Crippen LogP) is 3.31. The van der Waals surface area contributed by atoms with E-state index in [9.17, 15) is 18.7 Å². The number of aryl methyl sites for hydroxylation is 1. The highest BCUT2D eigenvalue weighted by Gasteiger charge is 2.27. The van der Waals surface area contributed by atoms with Gasteiger partial charge in [-0.05, 0) is 31.4 Å². The largest absolute Gasteiger partial charge is 0.383 e. The van der Waals surface area contributed by atoms with Gasteiger partial charge < -0.3 is 10.4 Å². The van der Waals surface area contributed by atoms with Crippen LogP contribution in [0.4, 0.5) is 8.78 Å². The first-order valence-electron chi connectivity index (χ1n) is 7.87. The Hall–Kier alpha value is -2.27. The maximum atomic E-state index is 13.7. The number of rotatable bonds is 7. The molecule has 0 bridgehead atoms. The molecule has 0 fully saturated rings. The number of amides is 1. The summed E-state index contributed by atoms with van der Waals surface area (Å²) >= 11 is 0. The van der Waals surface area contributed by atoms with Crippen LogP contribution in [0.1, 0.15) is 30.9 Å². The molecule has 0 aromatic heterocycles. The highest BCUT2D eigenvalue weighted by Crippen LogP contribution is 2.23. The zero-order valence-electron chi connectivity index (χ0n) is 13.6. The third kappa shape index (κ3) is 5.13. The molecule has 0 aliphatic heterocycles. The summed E-state index contributed by atoms with van der Waals surface area (Å²) in [5.41, 5.74) is -0.494. The first-order chi connectivity index (χ1) is 11.4. The minimum Gasteiger partial charge on any atom is -0.383 e. The zero-order chi connectivity index (χ0) is 17.6. The Morgan fingerprint density at radius 2 is 1.88 bits per heavy atom. The monoisotopic (exact) mass is 333 g/mol. The van der Waals surface area contributed by atoms with Gasteiger partial charge >= 0.3 is 0 Å². The second-order valence-electron chi connectivity index (χ2n) is 6.01. The van der Waals surface area contributed by atoms with Crippen LogP contribution >= 0.6 is 0 Å². The van der Waals surface area contributed by atoms with Crippen molar-refractivity contribution in [3.05, 3.63) is 71.3 Å². The van der Waals surface area contributed by atoms with Crippen LogP contribution in [0.5, 0.6) is 0 Å². The van der Waals surface area contributed by atoms with Crippen molar-refractivity contribution >= 4 is 5.91 Å². The molecule has 0 aliphatic carbocycles. The number of nitrogens with one attached hydrogen (secondary N) is 1. The molecule has 128 valence electrons. The topological polar surface area (TPSA) is 49.3 Å². The normalized spacial score (nSPS) is 13.3. The van der Waals surface area contributed by atoms with E-state index in [0.29, 0.717) is 18.9 Å². The lowest BCUT2D eigenvalue weighted by Crippen LogP contribution is -2.39. The van der Waals surface area contributed by atoms with Crippen molar-refractivity contribution in [1.82, 2.24) is 5.32 Å². The van der Waals surface area contributed by atoms with Crippen molar-refractivity contribution in [2.45, 2.75) is 31.8 Å². The summed E-state index contributed by atoms with van der Waals surface area (Å²) in [6.45, 7) is 1.24. The van der Waals surface area contributed by atoms with E-state index >= 15 is 0 Å². The van der Waals surface area contributed by atoms with Gasteiger partial charge in [-0.15, -0.1) is 0 Å². The van der Waals surface area contributed by atoms with Crippen LogP contribution in [0.3, 0.4) is 0 Å². The van der Waals surface area contributed by atoms with E-state index in [4.69, 9.17) is 0 Å². The molecule has 1 amide bonds. The van der Waals surface area contributed by atoms with E-state index < -0.39 is 17.2 Å².